The van der Waals surface area contributed by atoms with E-state index in [-0.39, 0.29) is 6.04 Å². The Hall–Kier alpha value is -1.74. The van der Waals surface area contributed by atoms with Gasteiger partial charge in [-0.15, -0.1) is 0 Å². The summed E-state index contributed by atoms with van der Waals surface area (Å²) in [6.07, 6.45) is 7.36. The molecule has 0 radical (unpaired) electrons. The van der Waals surface area contributed by atoms with E-state index in [9.17, 15) is 0 Å². The van der Waals surface area contributed by atoms with Crippen molar-refractivity contribution >= 4 is 0 Å². The largest absolute Gasteiger partial charge is 0.324 e. The molecule has 1 aliphatic carbocycles. The van der Waals surface area contributed by atoms with Gasteiger partial charge in [0, 0.05) is 24.0 Å². The molecular formula is C13H13N3. The lowest BCUT2D eigenvalue weighted by molar-refractivity contribution is 0.713. The molecule has 16 heavy (non-hydrogen) atoms. The standard InChI is InChI=1S/C13H13N3/c14-13-5-4-11-10(2-1-3-12(11)13)9-6-15-8-16-7-9/h1-3,6-8,13H,4-5,14H2. The van der Waals surface area contributed by atoms with Crippen molar-refractivity contribution < 1.29 is 0 Å². The Morgan fingerprint density at radius 1 is 1.19 bits per heavy atom. The average Bonchev–Trinajstić information content (AvgIpc) is 2.73. The number of hydrogen-bond acceptors (Lipinski definition) is 3. The van der Waals surface area contributed by atoms with Gasteiger partial charge in [0.1, 0.15) is 6.33 Å². The highest BCUT2D eigenvalue weighted by atomic mass is 14.8. The van der Waals surface area contributed by atoms with Crippen molar-refractivity contribution in [1.82, 2.24) is 9.97 Å². The lowest BCUT2D eigenvalue weighted by Crippen LogP contribution is -2.04. The Bertz CT molecular complexity index is 508. The molecule has 0 saturated carbocycles. The van der Waals surface area contributed by atoms with Crippen LogP contribution in [0.1, 0.15) is 23.6 Å². The van der Waals surface area contributed by atoms with Crippen LogP contribution in [0.25, 0.3) is 11.1 Å². The Labute approximate surface area is 94.4 Å². The lowest BCUT2D eigenvalue weighted by atomic mass is 9.98. The van der Waals surface area contributed by atoms with E-state index in [4.69, 9.17) is 5.73 Å². The fourth-order valence-electron chi connectivity index (χ4n) is 2.40. The highest BCUT2D eigenvalue weighted by Crippen LogP contribution is 2.35. The molecule has 1 aromatic carbocycles. The number of benzene rings is 1. The maximum Gasteiger partial charge on any atom is 0.115 e. The van der Waals surface area contributed by atoms with Gasteiger partial charge >= 0.3 is 0 Å². The molecule has 0 fully saturated rings. The number of rotatable bonds is 1. The van der Waals surface area contributed by atoms with Crippen LogP contribution in [0.5, 0.6) is 0 Å². The maximum absolute atomic E-state index is 6.06. The minimum Gasteiger partial charge on any atom is -0.324 e. The number of nitrogens with two attached hydrogens (primary N) is 1. The van der Waals surface area contributed by atoms with Crippen LogP contribution in [-0.2, 0) is 6.42 Å². The molecule has 3 rings (SSSR count). The zero-order valence-corrected chi connectivity index (χ0v) is 8.93. The Morgan fingerprint density at radius 2 is 2.00 bits per heavy atom. The summed E-state index contributed by atoms with van der Waals surface area (Å²) in [5.41, 5.74) is 11.0. The fraction of sp³-hybridized carbons (Fsp3) is 0.231. The molecule has 3 nitrogen and oxygen atoms in total. The van der Waals surface area contributed by atoms with Crippen molar-refractivity contribution in [2.24, 2.45) is 5.73 Å². The van der Waals surface area contributed by atoms with Crippen LogP contribution < -0.4 is 5.73 Å². The molecule has 1 aromatic heterocycles. The van der Waals surface area contributed by atoms with E-state index in [1.54, 1.807) is 6.33 Å². The van der Waals surface area contributed by atoms with Gasteiger partial charge in [0.15, 0.2) is 0 Å². The smallest absolute Gasteiger partial charge is 0.115 e. The summed E-state index contributed by atoms with van der Waals surface area (Å²) < 4.78 is 0. The van der Waals surface area contributed by atoms with Crippen LogP contribution in [0.2, 0.25) is 0 Å². The Morgan fingerprint density at radius 3 is 2.81 bits per heavy atom. The van der Waals surface area contributed by atoms with Crippen molar-refractivity contribution in [2.45, 2.75) is 18.9 Å². The molecule has 2 aromatic rings. The number of hydrogen-bond donors (Lipinski definition) is 1. The second-order valence-corrected chi connectivity index (χ2v) is 4.15. The number of aromatic nitrogens is 2. The highest BCUT2D eigenvalue weighted by molar-refractivity contribution is 5.68. The van der Waals surface area contributed by atoms with Crippen LogP contribution >= 0.6 is 0 Å². The van der Waals surface area contributed by atoms with Crippen LogP contribution in [0.15, 0.2) is 36.9 Å². The van der Waals surface area contributed by atoms with Crippen molar-refractivity contribution in [3.63, 3.8) is 0 Å². The van der Waals surface area contributed by atoms with Crippen molar-refractivity contribution in [1.29, 1.82) is 0 Å². The van der Waals surface area contributed by atoms with Gasteiger partial charge in [-0.05, 0) is 29.5 Å². The molecule has 1 unspecified atom stereocenters. The molecule has 1 atom stereocenters. The molecular weight excluding hydrogens is 198 g/mol. The number of nitrogens with zero attached hydrogens (tertiary/aromatic N) is 2. The van der Waals surface area contributed by atoms with Gasteiger partial charge in [-0.25, -0.2) is 9.97 Å². The van der Waals surface area contributed by atoms with E-state index in [1.807, 2.05) is 12.4 Å². The van der Waals surface area contributed by atoms with Gasteiger partial charge in [0.2, 0.25) is 0 Å². The molecule has 80 valence electrons. The average molecular weight is 211 g/mol. The topological polar surface area (TPSA) is 51.8 Å². The van der Waals surface area contributed by atoms with Crippen LogP contribution in [0.4, 0.5) is 0 Å². The Balaban J connectivity index is 2.17. The van der Waals surface area contributed by atoms with Gasteiger partial charge in [-0.2, -0.15) is 0 Å². The minimum atomic E-state index is 0.194. The van der Waals surface area contributed by atoms with E-state index in [1.165, 1.54) is 16.7 Å². The summed E-state index contributed by atoms with van der Waals surface area (Å²) in [5.74, 6) is 0. The van der Waals surface area contributed by atoms with Gasteiger partial charge in [0.25, 0.3) is 0 Å². The Kier molecular flexibility index (Phi) is 2.18. The highest BCUT2D eigenvalue weighted by Gasteiger charge is 2.21. The van der Waals surface area contributed by atoms with Gasteiger partial charge in [-0.3, -0.25) is 0 Å². The van der Waals surface area contributed by atoms with Crippen molar-refractivity contribution in [3.8, 4) is 11.1 Å². The summed E-state index contributed by atoms with van der Waals surface area (Å²) in [7, 11) is 0. The first-order valence-electron chi connectivity index (χ1n) is 5.49. The summed E-state index contributed by atoms with van der Waals surface area (Å²) in [6.45, 7) is 0. The van der Waals surface area contributed by atoms with Crippen LogP contribution in [0.3, 0.4) is 0 Å². The molecule has 0 bridgehead atoms. The molecule has 0 spiro atoms. The zero-order valence-electron chi connectivity index (χ0n) is 8.93. The molecule has 0 amide bonds. The van der Waals surface area contributed by atoms with E-state index in [0.717, 1.165) is 18.4 Å². The predicted octanol–water partition coefficient (Wildman–Crippen LogP) is 2.09. The fourth-order valence-corrected chi connectivity index (χ4v) is 2.40. The van der Waals surface area contributed by atoms with E-state index < -0.39 is 0 Å². The van der Waals surface area contributed by atoms with E-state index in [0.29, 0.717) is 0 Å². The molecule has 0 aliphatic heterocycles. The SMILES string of the molecule is NC1CCc2c(-c3cncnc3)cccc21. The van der Waals surface area contributed by atoms with Gasteiger partial charge < -0.3 is 5.73 Å². The van der Waals surface area contributed by atoms with Gasteiger partial charge in [-0.1, -0.05) is 18.2 Å². The molecule has 0 saturated heterocycles. The summed E-state index contributed by atoms with van der Waals surface area (Å²) >= 11 is 0. The summed E-state index contributed by atoms with van der Waals surface area (Å²) in [6, 6.07) is 6.50. The first kappa shape index (κ1) is 9.48. The normalized spacial score (nSPS) is 18.4. The quantitative estimate of drug-likeness (QED) is 0.785. The monoisotopic (exact) mass is 211 g/mol. The van der Waals surface area contributed by atoms with E-state index in [2.05, 4.69) is 28.2 Å². The minimum absolute atomic E-state index is 0.194. The van der Waals surface area contributed by atoms with Crippen molar-refractivity contribution in [3.05, 3.63) is 48.0 Å². The summed E-state index contributed by atoms with van der Waals surface area (Å²) in [5, 5.41) is 0. The van der Waals surface area contributed by atoms with Crippen LogP contribution in [0, 0.1) is 0 Å². The van der Waals surface area contributed by atoms with Gasteiger partial charge in [0.05, 0.1) is 0 Å². The first-order valence-corrected chi connectivity index (χ1v) is 5.49. The third-order valence-electron chi connectivity index (χ3n) is 3.19. The van der Waals surface area contributed by atoms with Crippen molar-refractivity contribution in [2.75, 3.05) is 0 Å². The predicted molar refractivity (Wildman–Crippen MR) is 62.7 cm³/mol. The molecule has 3 heteroatoms. The zero-order chi connectivity index (χ0) is 11.0. The molecule has 2 N–H and O–H groups in total. The molecule has 1 aliphatic rings. The second-order valence-electron chi connectivity index (χ2n) is 4.15. The maximum atomic E-state index is 6.06. The third-order valence-corrected chi connectivity index (χ3v) is 3.19. The molecule has 1 heterocycles. The second kappa shape index (κ2) is 3.68. The third kappa shape index (κ3) is 1.41. The van der Waals surface area contributed by atoms with Crippen LogP contribution in [-0.4, -0.2) is 9.97 Å². The summed E-state index contributed by atoms with van der Waals surface area (Å²) in [4.78, 5) is 8.13. The number of fused-ring (bicyclic) bond motifs is 1. The van der Waals surface area contributed by atoms with E-state index >= 15 is 0 Å². The lowest BCUT2D eigenvalue weighted by Gasteiger charge is -2.09. The first-order chi connectivity index (χ1) is 7.86.